The Kier molecular flexibility index (Phi) is 5.18. The van der Waals surface area contributed by atoms with Crippen LogP contribution < -0.4 is 10.1 Å². The van der Waals surface area contributed by atoms with Gasteiger partial charge >= 0.3 is 0 Å². The standard InChI is InChI=1S/C14H21NO4/c1-4-14(2,7-8-16)15-13(18)11-9-10(19-3)5-6-12(11)17/h5-6,9,16-17H,4,7-8H2,1-3H3,(H,15,18). The summed E-state index contributed by atoms with van der Waals surface area (Å²) >= 11 is 0. The van der Waals surface area contributed by atoms with Crippen molar-refractivity contribution in [3.8, 4) is 11.5 Å². The second-order valence-electron chi connectivity index (χ2n) is 4.73. The summed E-state index contributed by atoms with van der Waals surface area (Å²) in [6, 6.07) is 4.49. The quantitative estimate of drug-likeness (QED) is 0.732. The highest BCUT2D eigenvalue weighted by Gasteiger charge is 2.25. The number of phenols is 1. The van der Waals surface area contributed by atoms with Gasteiger partial charge in [-0.3, -0.25) is 4.79 Å². The molecule has 1 atom stereocenters. The van der Waals surface area contributed by atoms with Gasteiger partial charge in [0.15, 0.2) is 0 Å². The summed E-state index contributed by atoms with van der Waals surface area (Å²) in [5.74, 6) is 0.0262. The molecule has 106 valence electrons. The van der Waals surface area contributed by atoms with E-state index in [1.54, 1.807) is 6.07 Å². The molecule has 0 aliphatic carbocycles. The minimum Gasteiger partial charge on any atom is -0.507 e. The van der Waals surface area contributed by atoms with E-state index in [1.807, 2.05) is 13.8 Å². The second kappa shape index (κ2) is 6.43. The van der Waals surface area contributed by atoms with Gasteiger partial charge in [-0.1, -0.05) is 6.92 Å². The molecule has 0 spiro atoms. The minimum absolute atomic E-state index is 0.00525. The highest BCUT2D eigenvalue weighted by atomic mass is 16.5. The number of hydrogen-bond donors (Lipinski definition) is 3. The number of methoxy groups -OCH3 is 1. The van der Waals surface area contributed by atoms with E-state index in [1.165, 1.54) is 19.2 Å². The summed E-state index contributed by atoms with van der Waals surface area (Å²) in [6.45, 7) is 3.79. The number of aliphatic hydroxyl groups excluding tert-OH is 1. The zero-order valence-electron chi connectivity index (χ0n) is 11.6. The molecule has 5 nitrogen and oxygen atoms in total. The fourth-order valence-electron chi connectivity index (χ4n) is 1.74. The molecule has 0 saturated heterocycles. The predicted molar refractivity (Wildman–Crippen MR) is 72.5 cm³/mol. The predicted octanol–water partition coefficient (Wildman–Crippen LogP) is 1.68. The van der Waals surface area contributed by atoms with Gasteiger partial charge in [0.25, 0.3) is 5.91 Å². The maximum Gasteiger partial charge on any atom is 0.255 e. The SMILES string of the molecule is CCC(C)(CCO)NC(=O)c1cc(OC)ccc1O. The monoisotopic (exact) mass is 267 g/mol. The molecule has 0 aliphatic heterocycles. The number of amides is 1. The summed E-state index contributed by atoms with van der Waals surface area (Å²) in [6.07, 6.45) is 1.14. The van der Waals surface area contributed by atoms with Gasteiger partial charge in [-0.05, 0) is 38.0 Å². The van der Waals surface area contributed by atoms with Crippen LogP contribution in [0.4, 0.5) is 0 Å². The number of ether oxygens (including phenoxy) is 1. The third-order valence-corrected chi connectivity index (χ3v) is 3.31. The lowest BCUT2D eigenvalue weighted by molar-refractivity contribution is 0.0883. The van der Waals surface area contributed by atoms with Crippen molar-refractivity contribution in [2.75, 3.05) is 13.7 Å². The summed E-state index contributed by atoms with van der Waals surface area (Å²) < 4.78 is 5.03. The summed E-state index contributed by atoms with van der Waals surface area (Å²) in [4.78, 5) is 12.2. The van der Waals surface area contributed by atoms with Crippen LogP contribution in [-0.2, 0) is 0 Å². The van der Waals surface area contributed by atoms with Crippen LogP contribution in [0.25, 0.3) is 0 Å². The molecule has 0 fully saturated rings. The van der Waals surface area contributed by atoms with E-state index in [-0.39, 0.29) is 23.8 Å². The number of carbonyl (C=O) groups excluding carboxylic acids is 1. The van der Waals surface area contributed by atoms with Crippen molar-refractivity contribution in [3.63, 3.8) is 0 Å². The molecule has 1 rings (SSSR count). The lowest BCUT2D eigenvalue weighted by Gasteiger charge is -2.29. The Hall–Kier alpha value is -1.75. The number of nitrogens with one attached hydrogen (secondary N) is 1. The lowest BCUT2D eigenvalue weighted by atomic mass is 9.94. The number of aromatic hydroxyl groups is 1. The molecule has 1 aromatic rings. The Morgan fingerprint density at radius 3 is 2.68 bits per heavy atom. The third kappa shape index (κ3) is 3.86. The topological polar surface area (TPSA) is 78.8 Å². The molecule has 19 heavy (non-hydrogen) atoms. The van der Waals surface area contributed by atoms with Gasteiger partial charge in [0.2, 0.25) is 0 Å². The number of benzene rings is 1. The van der Waals surface area contributed by atoms with Crippen molar-refractivity contribution in [1.82, 2.24) is 5.32 Å². The first-order valence-electron chi connectivity index (χ1n) is 6.26. The summed E-state index contributed by atoms with van der Waals surface area (Å²) in [7, 11) is 1.50. The van der Waals surface area contributed by atoms with Gasteiger partial charge in [-0.25, -0.2) is 0 Å². The smallest absolute Gasteiger partial charge is 0.255 e. The number of rotatable bonds is 6. The molecule has 0 bridgehead atoms. The van der Waals surface area contributed by atoms with Crippen LogP contribution in [0.5, 0.6) is 11.5 Å². The molecule has 0 aromatic heterocycles. The molecule has 0 saturated carbocycles. The van der Waals surface area contributed by atoms with Crippen molar-refractivity contribution in [2.24, 2.45) is 0 Å². The van der Waals surface area contributed by atoms with Crippen molar-refractivity contribution < 1.29 is 19.7 Å². The highest BCUT2D eigenvalue weighted by molar-refractivity contribution is 5.97. The fourth-order valence-corrected chi connectivity index (χ4v) is 1.74. The molecule has 1 amide bonds. The zero-order chi connectivity index (χ0) is 14.5. The van der Waals surface area contributed by atoms with Gasteiger partial charge in [-0.15, -0.1) is 0 Å². The van der Waals surface area contributed by atoms with E-state index in [0.717, 1.165) is 0 Å². The highest BCUT2D eigenvalue weighted by Crippen LogP contribution is 2.24. The minimum atomic E-state index is -0.499. The first-order valence-corrected chi connectivity index (χ1v) is 6.26. The van der Waals surface area contributed by atoms with Crippen molar-refractivity contribution in [2.45, 2.75) is 32.2 Å². The van der Waals surface area contributed by atoms with E-state index in [9.17, 15) is 9.90 Å². The van der Waals surface area contributed by atoms with Gasteiger partial charge in [0.1, 0.15) is 11.5 Å². The Labute approximate surface area is 113 Å². The average molecular weight is 267 g/mol. The van der Waals surface area contributed by atoms with E-state index < -0.39 is 5.54 Å². The van der Waals surface area contributed by atoms with Crippen molar-refractivity contribution in [1.29, 1.82) is 0 Å². The van der Waals surface area contributed by atoms with Gasteiger partial charge in [0, 0.05) is 12.1 Å². The van der Waals surface area contributed by atoms with Crippen LogP contribution in [0.3, 0.4) is 0 Å². The van der Waals surface area contributed by atoms with E-state index in [4.69, 9.17) is 9.84 Å². The Bertz CT molecular complexity index is 447. The molecule has 3 N–H and O–H groups in total. The molecule has 1 aromatic carbocycles. The molecular formula is C14H21NO4. The van der Waals surface area contributed by atoms with Gasteiger partial charge in [-0.2, -0.15) is 0 Å². The van der Waals surface area contributed by atoms with Gasteiger partial charge < -0.3 is 20.3 Å². The van der Waals surface area contributed by atoms with Crippen LogP contribution in [0.2, 0.25) is 0 Å². The largest absolute Gasteiger partial charge is 0.507 e. The molecule has 0 heterocycles. The number of phenolic OH excluding ortho intramolecular Hbond substituents is 1. The molecule has 1 unspecified atom stereocenters. The lowest BCUT2D eigenvalue weighted by Crippen LogP contribution is -2.46. The average Bonchev–Trinajstić information content (AvgIpc) is 2.39. The maximum absolute atomic E-state index is 12.2. The molecule has 5 heteroatoms. The molecular weight excluding hydrogens is 246 g/mol. The summed E-state index contributed by atoms with van der Waals surface area (Å²) in [5.41, 5.74) is -0.335. The van der Waals surface area contributed by atoms with E-state index in [0.29, 0.717) is 18.6 Å². The number of aliphatic hydroxyl groups is 1. The van der Waals surface area contributed by atoms with Crippen LogP contribution in [-0.4, -0.2) is 35.4 Å². The van der Waals surface area contributed by atoms with E-state index in [2.05, 4.69) is 5.32 Å². The molecule has 0 radical (unpaired) electrons. The zero-order valence-corrected chi connectivity index (χ0v) is 11.6. The Morgan fingerprint density at radius 2 is 2.16 bits per heavy atom. The second-order valence-corrected chi connectivity index (χ2v) is 4.73. The van der Waals surface area contributed by atoms with Crippen LogP contribution >= 0.6 is 0 Å². The van der Waals surface area contributed by atoms with Crippen molar-refractivity contribution in [3.05, 3.63) is 23.8 Å². The first kappa shape index (κ1) is 15.3. The van der Waals surface area contributed by atoms with E-state index >= 15 is 0 Å². The number of hydrogen-bond acceptors (Lipinski definition) is 4. The Morgan fingerprint density at radius 1 is 1.47 bits per heavy atom. The molecule has 0 aliphatic rings. The third-order valence-electron chi connectivity index (χ3n) is 3.31. The Balaban J connectivity index is 2.94. The van der Waals surface area contributed by atoms with Gasteiger partial charge in [0.05, 0.1) is 12.7 Å². The fraction of sp³-hybridized carbons (Fsp3) is 0.500. The van der Waals surface area contributed by atoms with Crippen LogP contribution in [0, 0.1) is 0 Å². The van der Waals surface area contributed by atoms with Crippen LogP contribution in [0.1, 0.15) is 37.0 Å². The number of carbonyl (C=O) groups is 1. The van der Waals surface area contributed by atoms with Crippen LogP contribution in [0.15, 0.2) is 18.2 Å². The normalized spacial score (nSPS) is 13.7. The van der Waals surface area contributed by atoms with Crippen molar-refractivity contribution >= 4 is 5.91 Å². The maximum atomic E-state index is 12.2. The summed E-state index contributed by atoms with van der Waals surface area (Å²) in [5, 5.41) is 21.6. The first-order chi connectivity index (χ1) is 8.95.